The van der Waals surface area contributed by atoms with Crippen molar-refractivity contribution in [2.45, 2.75) is 179 Å². The van der Waals surface area contributed by atoms with E-state index in [1.165, 1.54) is 51.4 Å². The van der Waals surface area contributed by atoms with Gasteiger partial charge in [-0.3, -0.25) is 4.79 Å². The lowest BCUT2D eigenvalue weighted by Crippen LogP contribution is -2.60. The van der Waals surface area contributed by atoms with E-state index in [-0.39, 0.29) is 12.5 Å². The quantitative estimate of drug-likeness (QED) is 0.0461. The van der Waals surface area contributed by atoms with Gasteiger partial charge >= 0.3 is 0 Å². The van der Waals surface area contributed by atoms with E-state index in [0.29, 0.717) is 6.42 Å². The molecule has 46 heavy (non-hydrogen) atoms. The van der Waals surface area contributed by atoms with Crippen LogP contribution in [-0.4, -0.2) is 87.5 Å². The average Bonchev–Trinajstić information content (AvgIpc) is 3.05. The first-order chi connectivity index (χ1) is 22.3. The van der Waals surface area contributed by atoms with Crippen LogP contribution in [0.1, 0.15) is 136 Å². The Morgan fingerprint density at radius 3 is 1.89 bits per heavy atom. The summed E-state index contributed by atoms with van der Waals surface area (Å²) in [7, 11) is 0. The summed E-state index contributed by atoms with van der Waals surface area (Å²) < 4.78 is 11.1. The van der Waals surface area contributed by atoms with E-state index in [1.807, 2.05) is 6.08 Å². The summed E-state index contributed by atoms with van der Waals surface area (Å²) in [6.07, 6.45) is 24.8. The third kappa shape index (κ3) is 19.9. The molecule has 1 aliphatic rings. The molecule has 268 valence electrons. The number of amides is 1. The van der Waals surface area contributed by atoms with E-state index in [4.69, 9.17) is 9.47 Å². The molecule has 1 aliphatic heterocycles. The van der Waals surface area contributed by atoms with Crippen LogP contribution in [0.25, 0.3) is 0 Å². The van der Waals surface area contributed by atoms with Crippen LogP contribution in [-0.2, 0) is 14.3 Å². The fraction of sp³-hybridized carbons (Fsp3) is 0.811. The van der Waals surface area contributed by atoms with Crippen LogP contribution in [0.5, 0.6) is 0 Å². The van der Waals surface area contributed by atoms with Crippen molar-refractivity contribution in [2.24, 2.45) is 0 Å². The van der Waals surface area contributed by atoms with Crippen molar-refractivity contribution in [1.82, 2.24) is 5.32 Å². The second-order valence-corrected chi connectivity index (χ2v) is 12.6. The topological polar surface area (TPSA) is 149 Å². The van der Waals surface area contributed by atoms with Gasteiger partial charge in [0.25, 0.3) is 0 Å². The molecule has 0 aliphatic carbocycles. The van der Waals surface area contributed by atoms with Crippen molar-refractivity contribution in [2.75, 3.05) is 13.2 Å². The first-order valence-electron chi connectivity index (χ1n) is 18.2. The zero-order valence-electron chi connectivity index (χ0n) is 28.8. The Morgan fingerprint density at radius 1 is 0.717 bits per heavy atom. The Kier molecular flexibility index (Phi) is 26.2. The highest BCUT2D eigenvalue weighted by Gasteiger charge is 2.44. The maximum atomic E-state index is 12.8. The molecule has 0 bridgehead atoms. The van der Waals surface area contributed by atoms with Crippen LogP contribution in [0, 0.1) is 0 Å². The molecule has 1 saturated heterocycles. The summed E-state index contributed by atoms with van der Waals surface area (Å²) >= 11 is 0. The first-order valence-corrected chi connectivity index (χ1v) is 18.2. The molecule has 0 aromatic rings. The molecule has 1 fully saturated rings. The van der Waals surface area contributed by atoms with Gasteiger partial charge in [-0.15, -0.1) is 0 Å². The van der Waals surface area contributed by atoms with Gasteiger partial charge in [-0.1, -0.05) is 115 Å². The number of allylic oxidation sites excluding steroid dienone is 5. The van der Waals surface area contributed by atoms with Gasteiger partial charge in [0.15, 0.2) is 6.29 Å². The molecule has 1 heterocycles. The fourth-order valence-electron chi connectivity index (χ4n) is 5.38. The standard InChI is InChI=1S/C37H67NO8/c1-3-5-7-9-11-13-15-17-18-20-22-24-26-31(40)30(29-45-37-36(44)35(43)34(42)32(28-39)46-37)38-33(41)27-25-23-21-19-16-14-12-10-8-6-4-2/h10,12,17-18,24,26,30-32,34-37,39-40,42-44H,3-9,11,13-16,19-23,25,27-29H2,1-2H3,(H,38,41)/b12-10-,18-17+,26-24+. The first kappa shape index (κ1) is 42.4. The summed E-state index contributed by atoms with van der Waals surface area (Å²) in [6, 6.07) is -0.820. The Bertz CT molecular complexity index is 817. The van der Waals surface area contributed by atoms with E-state index >= 15 is 0 Å². The predicted molar refractivity (Wildman–Crippen MR) is 184 cm³/mol. The number of hydrogen-bond acceptors (Lipinski definition) is 8. The molecule has 0 aromatic carbocycles. The van der Waals surface area contributed by atoms with Gasteiger partial charge in [-0.05, 0) is 51.4 Å². The number of nitrogens with one attached hydrogen (secondary N) is 1. The molecule has 9 heteroatoms. The van der Waals surface area contributed by atoms with Gasteiger partial charge in [0.2, 0.25) is 5.91 Å². The van der Waals surface area contributed by atoms with E-state index in [2.05, 4.69) is 43.5 Å². The highest BCUT2D eigenvalue weighted by molar-refractivity contribution is 5.76. The van der Waals surface area contributed by atoms with Crippen LogP contribution in [0.4, 0.5) is 0 Å². The molecule has 9 nitrogen and oxygen atoms in total. The van der Waals surface area contributed by atoms with Gasteiger partial charge in [-0.2, -0.15) is 0 Å². The average molecular weight is 654 g/mol. The number of hydrogen-bond donors (Lipinski definition) is 6. The van der Waals surface area contributed by atoms with Crippen LogP contribution in [0.15, 0.2) is 36.5 Å². The van der Waals surface area contributed by atoms with E-state index in [0.717, 1.165) is 64.2 Å². The van der Waals surface area contributed by atoms with Crippen LogP contribution < -0.4 is 5.32 Å². The number of rotatable bonds is 28. The summed E-state index contributed by atoms with van der Waals surface area (Å²) in [5.41, 5.74) is 0. The van der Waals surface area contributed by atoms with E-state index in [9.17, 15) is 30.3 Å². The molecule has 7 atom stereocenters. The summed E-state index contributed by atoms with van der Waals surface area (Å²) in [5.74, 6) is -0.202. The van der Waals surface area contributed by atoms with E-state index in [1.54, 1.807) is 6.08 Å². The van der Waals surface area contributed by atoms with Crippen LogP contribution in [0.2, 0.25) is 0 Å². The second kappa shape index (κ2) is 28.4. The molecule has 0 radical (unpaired) electrons. The number of unbranched alkanes of at least 4 members (excludes halogenated alkanes) is 14. The molecule has 6 N–H and O–H groups in total. The van der Waals surface area contributed by atoms with Gasteiger partial charge < -0.3 is 40.3 Å². The van der Waals surface area contributed by atoms with Crippen LogP contribution >= 0.6 is 0 Å². The van der Waals surface area contributed by atoms with Crippen molar-refractivity contribution in [3.8, 4) is 0 Å². The molecule has 7 unspecified atom stereocenters. The largest absolute Gasteiger partial charge is 0.394 e. The number of ether oxygens (including phenoxy) is 2. The van der Waals surface area contributed by atoms with Crippen molar-refractivity contribution >= 4 is 5.91 Å². The SMILES string of the molecule is CCCC/C=C\CCCCCCCC(=O)NC(COC1OC(CO)C(O)C(O)C1O)C(O)/C=C/CC/C=C/CCCCCCCC. The van der Waals surface area contributed by atoms with E-state index < -0.39 is 49.5 Å². The minimum atomic E-state index is -1.57. The molecule has 1 amide bonds. The van der Waals surface area contributed by atoms with Gasteiger partial charge in [0, 0.05) is 6.42 Å². The number of carbonyl (C=O) groups is 1. The number of aliphatic hydroxyl groups is 5. The maximum absolute atomic E-state index is 12.8. The lowest BCUT2D eigenvalue weighted by molar-refractivity contribution is -0.302. The molecule has 0 saturated carbocycles. The van der Waals surface area contributed by atoms with Gasteiger partial charge in [-0.25, -0.2) is 0 Å². The fourth-order valence-corrected chi connectivity index (χ4v) is 5.38. The zero-order valence-corrected chi connectivity index (χ0v) is 28.8. The highest BCUT2D eigenvalue weighted by Crippen LogP contribution is 2.22. The Hall–Kier alpha value is -1.59. The molecule has 0 aromatic heterocycles. The normalized spacial score (nSPS) is 23.5. The van der Waals surface area contributed by atoms with Gasteiger partial charge in [0.05, 0.1) is 25.4 Å². The molecule has 0 spiro atoms. The van der Waals surface area contributed by atoms with Crippen molar-refractivity contribution in [3.05, 3.63) is 36.5 Å². The van der Waals surface area contributed by atoms with Crippen molar-refractivity contribution in [1.29, 1.82) is 0 Å². The molecular formula is C37H67NO8. The van der Waals surface area contributed by atoms with Crippen molar-refractivity contribution < 1.29 is 39.8 Å². The summed E-state index contributed by atoms with van der Waals surface area (Å²) in [4.78, 5) is 12.8. The Balaban J connectivity index is 2.54. The second-order valence-electron chi connectivity index (χ2n) is 12.6. The smallest absolute Gasteiger partial charge is 0.220 e. The molecular weight excluding hydrogens is 586 g/mol. The minimum Gasteiger partial charge on any atom is -0.394 e. The van der Waals surface area contributed by atoms with Gasteiger partial charge in [0.1, 0.15) is 24.4 Å². The lowest BCUT2D eigenvalue weighted by atomic mass is 9.99. The van der Waals surface area contributed by atoms with Crippen LogP contribution in [0.3, 0.4) is 0 Å². The number of carbonyl (C=O) groups excluding carboxylic acids is 1. The monoisotopic (exact) mass is 653 g/mol. The molecule has 1 rings (SSSR count). The third-order valence-electron chi connectivity index (χ3n) is 8.44. The Morgan fingerprint density at radius 2 is 1.26 bits per heavy atom. The predicted octanol–water partition coefficient (Wildman–Crippen LogP) is 5.77. The zero-order chi connectivity index (χ0) is 33.8. The summed E-state index contributed by atoms with van der Waals surface area (Å²) in [6.45, 7) is 3.65. The third-order valence-corrected chi connectivity index (χ3v) is 8.44. The minimum absolute atomic E-state index is 0.202. The number of aliphatic hydroxyl groups excluding tert-OH is 5. The maximum Gasteiger partial charge on any atom is 0.220 e. The highest BCUT2D eigenvalue weighted by atomic mass is 16.7. The lowest BCUT2D eigenvalue weighted by Gasteiger charge is -2.40. The summed E-state index contributed by atoms with van der Waals surface area (Å²) in [5, 5.41) is 53.7. The van der Waals surface area contributed by atoms with Crippen molar-refractivity contribution in [3.63, 3.8) is 0 Å². The Labute approximate surface area is 279 Å².